The van der Waals surface area contributed by atoms with Gasteiger partial charge in [-0.2, -0.15) is 0 Å². The Labute approximate surface area is 208 Å². The van der Waals surface area contributed by atoms with E-state index >= 15 is 0 Å². The van der Waals surface area contributed by atoms with Gasteiger partial charge in [0.2, 0.25) is 5.91 Å². The highest BCUT2D eigenvalue weighted by Crippen LogP contribution is 2.51. The summed E-state index contributed by atoms with van der Waals surface area (Å²) in [6.07, 6.45) is 6.29. The number of fused-ring (bicyclic) bond motifs is 1. The number of amides is 1. The molecule has 3 unspecified atom stereocenters. The van der Waals surface area contributed by atoms with E-state index in [-0.39, 0.29) is 41.7 Å². The molecular formula is C29H37N3O3. The third-order valence-electron chi connectivity index (χ3n) is 8.05. The van der Waals surface area contributed by atoms with E-state index in [4.69, 9.17) is 10.5 Å². The summed E-state index contributed by atoms with van der Waals surface area (Å²) in [5, 5.41) is 3.07. The number of hydrogen-bond donors (Lipinski definition) is 2. The van der Waals surface area contributed by atoms with Gasteiger partial charge in [0, 0.05) is 17.7 Å². The lowest BCUT2D eigenvalue weighted by atomic mass is 9.58. The number of carbonyl (C=O) groups is 2. The Morgan fingerprint density at radius 3 is 2.49 bits per heavy atom. The van der Waals surface area contributed by atoms with Crippen LogP contribution in [-0.4, -0.2) is 34.5 Å². The van der Waals surface area contributed by atoms with Crippen molar-refractivity contribution in [3.05, 3.63) is 60.4 Å². The average Bonchev–Trinajstić information content (AvgIpc) is 3.08. The largest absolute Gasteiger partial charge is 0.460 e. The SMILES string of the molecule is CC1C[C@@]2(NC(=O)[C@H](N)C(C)C)C(=O)O[C@H](C)[C@H]2C(/C=C/c2ccc(-c3ccccc3)cn2)C1C. The van der Waals surface area contributed by atoms with Crippen LogP contribution in [0.3, 0.4) is 0 Å². The van der Waals surface area contributed by atoms with Gasteiger partial charge in [-0.15, -0.1) is 0 Å². The molecule has 2 heterocycles. The topological polar surface area (TPSA) is 94.3 Å². The molecule has 1 aliphatic carbocycles. The number of rotatable bonds is 6. The van der Waals surface area contributed by atoms with Gasteiger partial charge in [0.15, 0.2) is 0 Å². The number of esters is 1. The van der Waals surface area contributed by atoms with Gasteiger partial charge in [-0.1, -0.05) is 70.2 Å². The number of nitrogens with one attached hydrogen (secondary N) is 1. The number of nitrogens with two attached hydrogens (primary N) is 1. The van der Waals surface area contributed by atoms with Crippen molar-refractivity contribution in [2.24, 2.45) is 35.3 Å². The number of allylic oxidation sites excluding steroid dienone is 1. The van der Waals surface area contributed by atoms with Gasteiger partial charge < -0.3 is 15.8 Å². The van der Waals surface area contributed by atoms with Gasteiger partial charge in [-0.3, -0.25) is 9.78 Å². The fraction of sp³-hybridized carbons (Fsp3) is 0.483. The Kier molecular flexibility index (Phi) is 7.13. The van der Waals surface area contributed by atoms with Gasteiger partial charge in [0.1, 0.15) is 11.6 Å². The van der Waals surface area contributed by atoms with Crippen molar-refractivity contribution in [3.63, 3.8) is 0 Å². The van der Waals surface area contributed by atoms with E-state index in [0.29, 0.717) is 12.3 Å². The summed E-state index contributed by atoms with van der Waals surface area (Å²) in [5.41, 5.74) is 8.12. The summed E-state index contributed by atoms with van der Waals surface area (Å²) in [7, 11) is 0. The Hall–Kier alpha value is -2.99. The first-order valence-corrected chi connectivity index (χ1v) is 12.6. The van der Waals surface area contributed by atoms with Crippen molar-refractivity contribution in [2.45, 2.75) is 58.7 Å². The van der Waals surface area contributed by atoms with Gasteiger partial charge >= 0.3 is 5.97 Å². The second-order valence-electron chi connectivity index (χ2n) is 10.7. The summed E-state index contributed by atoms with van der Waals surface area (Å²) in [5.74, 6) is -0.292. The molecule has 0 spiro atoms. The molecular weight excluding hydrogens is 438 g/mol. The maximum Gasteiger partial charge on any atom is 0.332 e. The van der Waals surface area contributed by atoms with Crippen LogP contribution in [-0.2, 0) is 14.3 Å². The van der Waals surface area contributed by atoms with Crippen LogP contribution in [0.5, 0.6) is 0 Å². The molecule has 186 valence electrons. The third-order valence-corrected chi connectivity index (χ3v) is 8.05. The molecule has 0 radical (unpaired) electrons. The summed E-state index contributed by atoms with van der Waals surface area (Å²) in [6, 6.07) is 13.6. The highest BCUT2D eigenvalue weighted by molar-refractivity contribution is 5.92. The minimum absolute atomic E-state index is 0.0275. The molecule has 1 saturated carbocycles. The molecule has 35 heavy (non-hydrogen) atoms. The third kappa shape index (κ3) is 4.76. The minimum atomic E-state index is -1.06. The first-order valence-electron chi connectivity index (χ1n) is 12.6. The van der Waals surface area contributed by atoms with Crippen molar-refractivity contribution in [2.75, 3.05) is 0 Å². The van der Waals surface area contributed by atoms with Crippen molar-refractivity contribution in [1.29, 1.82) is 0 Å². The van der Waals surface area contributed by atoms with Gasteiger partial charge in [0.25, 0.3) is 0 Å². The summed E-state index contributed by atoms with van der Waals surface area (Å²) in [6.45, 7) is 10.1. The highest BCUT2D eigenvalue weighted by atomic mass is 16.6. The maximum absolute atomic E-state index is 13.2. The van der Waals surface area contributed by atoms with Gasteiger partial charge in [0.05, 0.1) is 11.7 Å². The number of ether oxygens (including phenoxy) is 1. The minimum Gasteiger partial charge on any atom is -0.460 e. The van der Waals surface area contributed by atoms with Crippen molar-refractivity contribution >= 4 is 18.0 Å². The number of aromatic nitrogens is 1. The number of pyridine rings is 1. The summed E-state index contributed by atoms with van der Waals surface area (Å²) >= 11 is 0. The van der Waals surface area contributed by atoms with E-state index in [2.05, 4.69) is 48.4 Å². The Morgan fingerprint density at radius 1 is 1.14 bits per heavy atom. The van der Waals surface area contributed by atoms with Crippen LogP contribution in [0.15, 0.2) is 54.7 Å². The van der Waals surface area contributed by atoms with Crippen LogP contribution in [0.25, 0.3) is 17.2 Å². The Morgan fingerprint density at radius 2 is 1.86 bits per heavy atom. The van der Waals surface area contributed by atoms with Crippen LogP contribution < -0.4 is 11.1 Å². The van der Waals surface area contributed by atoms with Crippen LogP contribution in [0.1, 0.15) is 46.7 Å². The van der Waals surface area contributed by atoms with Crippen LogP contribution in [0.4, 0.5) is 0 Å². The van der Waals surface area contributed by atoms with Gasteiger partial charge in [-0.25, -0.2) is 4.79 Å². The predicted molar refractivity (Wildman–Crippen MR) is 138 cm³/mol. The smallest absolute Gasteiger partial charge is 0.332 e. The van der Waals surface area contributed by atoms with Gasteiger partial charge in [-0.05, 0) is 54.7 Å². The van der Waals surface area contributed by atoms with Crippen LogP contribution >= 0.6 is 0 Å². The van der Waals surface area contributed by atoms with E-state index in [9.17, 15) is 9.59 Å². The molecule has 0 bridgehead atoms. The number of benzene rings is 1. The zero-order valence-corrected chi connectivity index (χ0v) is 21.3. The molecule has 2 aliphatic rings. The molecule has 2 aromatic rings. The van der Waals surface area contributed by atoms with Crippen molar-refractivity contribution in [1.82, 2.24) is 10.3 Å². The summed E-state index contributed by atoms with van der Waals surface area (Å²) in [4.78, 5) is 30.8. The molecule has 1 amide bonds. The lowest BCUT2D eigenvalue weighted by Gasteiger charge is -2.47. The lowest BCUT2D eigenvalue weighted by molar-refractivity contribution is -0.149. The summed E-state index contributed by atoms with van der Waals surface area (Å²) < 4.78 is 5.75. The molecule has 4 rings (SSSR count). The molecule has 1 aromatic heterocycles. The second-order valence-corrected chi connectivity index (χ2v) is 10.7. The quantitative estimate of drug-likeness (QED) is 0.602. The number of cyclic esters (lactones) is 1. The molecule has 1 aromatic carbocycles. The molecule has 1 aliphatic heterocycles. The molecule has 2 fully saturated rings. The normalized spacial score (nSPS) is 31.3. The zero-order chi connectivity index (χ0) is 25.3. The molecule has 6 nitrogen and oxygen atoms in total. The number of carbonyl (C=O) groups excluding carboxylic acids is 2. The standard InChI is InChI=1S/C29H37N3O3/c1-17(2)26(30)27(33)32-29-15-18(3)19(4)24(25(29)20(5)35-28(29)34)14-13-23-12-11-22(16-31-23)21-9-7-6-8-10-21/h6-14,16-20,24-26H,15,30H2,1-5H3,(H,32,33)/b14-13+/t18?,19?,20-,24?,25+,26-,29+/m1/s1. The number of nitrogens with zero attached hydrogens (tertiary/aromatic N) is 1. The molecule has 6 heteroatoms. The van der Waals surface area contributed by atoms with E-state index in [0.717, 1.165) is 16.8 Å². The Balaban J connectivity index is 1.62. The van der Waals surface area contributed by atoms with Crippen molar-refractivity contribution in [3.8, 4) is 11.1 Å². The average molecular weight is 476 g/mol. The number of hydrogen-bond acceptors (Lipinski definition) is 5. The lowest BCUT2D eigenvalue weighted by Crippen LogP contribution is -2.65. The van der Waals surface area contributed by atoms with Crippen molar-refractivity contribution < 1.29 is 14.3 Å². The van der Waals surface area contributed by atoms with E-state index < -0.39 is 11.6 Å². The Bertz CT molecular complexity index is 1080. The fourth-order valence-corrected chi connectivity index (χ4v) is 5.75. The van der Waals surface area contributed by atoms with E-state index in [1.54, 1.807) is 0 Å². The molecule has 7 atom stereocenters. The van der Waals surface area contributed by atoms with E-state index in [1.165, 1.54) is 0 Å². The highest BCUT2D eigenvalue weighted by Gasteiger charge is 2.63. The fourth-order valence-electron chi connectivity index (χ4n) is 5.75. The first kappa shape index (κ1) is 25.1. The monoisotopic (exact) mass is 475 g/mol. The molecule has 3 N–H and O–H groups in total. The van der Waals surface area contributed by atoms with Crippen LogP contribution in [0, 0.1) is 29.6 Å². The van der Waals surface area contributed by atoms with Crippen LogP contribution in [0.2, 0.25) is 0 Å². The first-order chi connectivity index (χ1) is 16.6. The predicted octanol–water partition coefficient (Wildman–Crippen LogP) is 4.45. The maximum atomic E-state index is 13.2. The second kappa shape index (κ2) is 9.94. The zero-order valence-electron chi connectivity index (χ0n) is 21.3. The van der Waals surface area contributed by atoms with E-state index in [1.807, 2.05) is 57.3 Å². The molecule has 1 saturated heterocycles.